The number of rotatable bonds is 5. The number of carbonyl (C=O) groups excluding carboxylic acids is 2. The minimum atomic E-state index is -0.604. The van der Waals surface area contributed by atoms with E-state index >= 15 is 0 Å². The van der Waals surface area contributed by atoms with E-state index in [1.165, 1.54) is 11.3 Å². The average Bonchev–Trinajstić information content (AvgIpc) is 2.64. The van der Waals surface area contributed by atoms with Crippen molar-refractivity contribution in [2.24, 2.45) is 11.7 Å². The number of thiophene rings is 1. The van der Waals surface area contributed by atoms with Gasteiger partial charge in [-0.2, -0.15) is 0 Å². The first-order valence-corrected chi connectivity index (χ1v) is 7.44. The number of anilines is 1. The zero-order chi connectivity index (χ0) is 15.4. The summed E-state index contributed by atoms with van der Waals surface area (Å²) >= 11 is 1.36. The van der Waals surface area contributed by atoms with Gasteiger partial charge in [0.15, 0.2) is 0 Å². The smallest absolute Gasteiger partial charge is 0.341 e. The predicted octanol–water partition coefficient (Wildman–Crippen LogP) is 2.46. The molecule has 0 fully saturated rings. The Hall–Kier alpha value is -1.40. The van der Waals surface area contributed by atoms with Crippen LogP contribution in [-0.4, -0.2) is 24.5 Å². The summed E-state index contributed by atoms with van der Waals surface area (Å²) in [5.74, 6) is -0.669. The average molecular weight is 298 g/mol. The van der Waals surface area contributed by atoms with Crippen molar-refractivity contribution < 1.29 is 14.3 Å². The maximum Gasteiger partial charge on any atom is 0.341 e. The minimum absolute atomic E-state index is 0.0307. The van der Waals surface area contributed by atoms with Crippen LogP contribution in [0.4, 0.5) is 5.00 Å². The summed E-state index contributed by atoms with van der Waals surface area (Å²) in [7, 11) is 0. The Labute approximate surface area is 123 Å². The van der Waals surface area contributed by atoms with Gasteiger partial charge in [-0.3, -0.25) is 4.79 Å². The molecule has 0 radical (unpaired) electrons. The lowest BCUT2D eigenvalue weighted by molar-refractivity contribution is -0.118. The SMILES string of the molecule is CCOC(=O)c1c(NC(=O)[C@@H](N)C(C)C)sc(C)c1C. The van der Waals surface area contributed by atoms with Crippen LogP contribution in [0.3, 0.4) is 0 Å². The molecule has 112 valence electrons. The molecule has 3 N–H and O–H groups in total. The Morgan fingerprint density at radius 2 is 1.95 bits per heavy atom. The van der Waals surface area contributed by atoms with Gasteiger partial charge in [0.25, 0.3) is 0 Å². The first-order valence-electron chi connectivity index (χ1n) is 6.63. The molecule has 0 unspecified atom stereocenters. The summed E-state index contributed by atoms with van der Waals surface area (Å²) in [5.41, 5.74) is 7.08. The zero-order valence-corrected chi connectivity index (χ0v) is 13.4. The topological polar surface area (TPSA) is 81.4 Å². The third-order valence-corrected chi connectivity index (χ3v) is 4.25. The van der Waals surface area contributed by atoms with Gasteiger partial charge in [-0.15, -0.1) is 11.3 Å². The van der Waals surface area contributed by atoms with E-state index in [0.29, 0.717) is 17.2 Å². The monoisotopic (exact) mass is 298 g/mol. The van der Waals surface area contributed by atoms with Gasteiger partial charge in [0.05, 0.1) is 18.2 Å². The summed E-state index contributed by atoms with van der Waals surface area (Å²) in [6.07, 6.45) is 0. The van der Waals surface area contributed by atoms with Gasteiger partial charge >= 0.3 is 5.97 Å². The van der Waals surface area contributed by atoms with E-state index in [-0.39, 0.29) is 11.8 Å². The molecule has 0 aliphatic heterocycles. The second-order valence-corrected chi connectivity index (χ2v) is 6.19. The number of aryl methyl sites for hydroxylation is 1. The summed E-state index contributed by atoms with van der Waals surface area (Å²) < 4.78 is 5.04. The third-order valence-electron chi connectivity index (χ3n) is 3.12. The van der Waals surface area contributed by atoms with Gasteiger partial charge in [0.1, 0.15) is 5.00 Å². The van der Waals surface area contributed by atoms with Crippen molar-refractivity contribution in [3.8, 4) is 0 Å². The standard InChI is InChI=1S/C14H22N2O3S/c1-6-19-14(18)10-8(4)9(5)20-13(10)16-12(17)11(15)7(2)3/h7,11H,6,15H2,1-5H3,(H,16,17)/t11-/m0/s1. The van der Waals surface area contributed by atoms with Crippen LogP contribution in [0.2, 0.25) is 0 Å². The molecular formula is C14H22N2O3S. The molecule has 0 aliphatic carbocycles. The van der Waals surface area contributed by atoms with Gasteiger partial charge in [-0.05, 0) is 32.3 Å². The number of hydrogen-bond donors (Lipinski definition) is 2. The number of ether oxygens (including phenoxy) is 1. The summed E-state index contributed by atoms with van der Waals surface area (Å²) in [5, 5.41) is 3.26. The van der Waals surface area contributed by atoms with Gasteiger partial charge in [0, 0.05) is 4.88 Å². The molecule has 0 saturated carbocycles. The van der Waals surface area contributed by atoms with Gasteiger partial charge < -0.3 is 15.8 Å². The van der Waals surface area contributed by atoms with Gasteiger partial charge in [-0.1, -0.05) is 13.8 Å². The molecule has 0 aliphatic rings. The number of nitrogens with one attached hydrogen (secondary N) is 1. The first-order chi connectivity index (χ1) is 9.29. The maximum atomic E-state index is 12.0. The van der Waals surface area contributed by atoms with E-state index in [2.05, 4.69) is 5.32 Å². The van der Waals surface area contributed by atoms with Crippen molar-refractivity contribution in [1.29, 1.82) is 0 Å². The number of hydrogen-bond acceptors (Lipinski definition) is 5. The highest BCUT2D eigenvalue weighted by Gasteiger charge is 2.24. The Kier molecular flexibility index (Phi) is 5.71. The van der Waals surface area contributed by atoms with Crippen LogP contribution in [0.25, 0.3) is 0 Å². The Morgan fingerprint density at radius 1 is 1.35 bits per heavy atom. The van der Waals surface area contributed by atoms with Crippen molar-refractivity contribution in [1.82, 2.24) is 0 Å². The van der Waals surface area contributed by atoms with Crippen molar-refractivity contribution in [3.63, 3.8) is 0 Å². The third kappa shape index (κ3) is 3.58. The lowest BCUT2D eigenvalue weighted by Crippen LogP contribution is -2.39. The largest absolute Gasteiger partial charge is 0.462 e. The molecule has 1 rings (SSSR count). The molecule has 1 aromatic heterocycles. The quantitative estimate of drug-likeness (QED) is 0.818. The van der Waals surface area contributed by atoms with Crippen molar-refractivity contribution in [2.45, 2.75) is 40.7 Å². The van der Waals surface area contributed by atoms with Crippen molar-refractivity contribution in [2.75, 3.05) is 11.9 Å². The lowest BCUT2D eigenvalue weighted by atomic mass is 10.0. The molecular weight excluding hydrogens is 276 g/mol. The molecule has 1 heterocycles. The molecule has 0 spiro atoms. The first kappa shape index (κ1) is 16.7. The number of esters is 1. The summed E-state index contributed by atoms with van der Waals surface area (Å²) in [6, 6.07) is -0.604. The number of carbonyl (C=O) groups is 2. The molecule has 1 amide bonds. The fourth-order valence-corrected chi connectivity index (χ4v) is 2.71. The fraction of sp³-hybridized carbons (Fsp3) is 0.571. The Balaban J connectivity index is 3.04. The zero-order valence-electron chi connectivity index (χ0n) is 12.6. The van der Waals surface area contributed by atoms with E-state index in [1.807, 2.05) is 27.7 Å². The van der Waals surface area contributed by atoms with Crippen molar-refractivity contribution >= 4 is 28.2 Å². The number of amides is 1. The van der Waals surface area contributed by atoms with Crippen molar-refractivity contribution in [3.05, 3.63) is 16.0 Å². The van der Waals surface area contributed by atoms with E-state index < -0.39 is 12.0 Å². The number of nitrogens with two attached hydrogens (primary N) is 1. The predicted molar refractivity (Wildman–Crippen MR) is 81.2 cm³/mol. The molecule has 0 bridgehead atoms. The summed E-state index contributed by atoms with van der Waals surface area (Å²) in [6.45, 7) is 9.55. The van der Waals surface area contributed by atoms with Crippen LogP contribution < -0.4 is 11.1 Å². The van der Waals surface area contributed by atoms with E-state index in [4.69, 9.17) is 10.5 Å². The second-order valence-electron chi connectivity index (χ2n) is 4.97. The molecule has 1 atom stereocenters. The van der Waals surface area contributed by atoms with E-state index in [9.17, 15) is 9.59 Å². The fourth-order valence-electron chi connectivity index (χ4n) is 1.66. The highest BCUT2D eigenvalue weighted by Crippen LogP contribution is 2.33. The molecule has 1 aromatic rings. The molecule has 0 aromatic carbocycles. The summed E-state index contributed by atoms with van der Waals surface area (Å²) in [4.78, 5) is 25.0. The van der Waals surface area contributed by atoms with Crippen LogP contribution in [0.5, 0.6) is 0 Å². The van der Waals surface area contributed by atoms with Gasteiger partial charge in [0.2, 0.25) is 5.91 Å². The van der Waals surface area contributed by atoms with Crippen LogP contribution >= 0.6 is 11.3 Å². The second kappa shape index (κ2) is 6.85. The molecule has 6 heteroatoms. The Bertz CT molecular complexity index is 509. The van der Waals surface area contributed by atoms with Crippen LogP contribution in [-0.2, 0) is 9.53 Å². The molecule has 0 saturated heterocycles. The maximum absolute atomic E-state index is 12.0. The molecule has 20 heavy (non-hydrogen) atoms. The van der Waals surface area contributed by atoms with Gasteiger partial charge in [-0.25, -0.2) is 4.79 Å². The van der Waals surface area contributed by atoms with E-state index in [0.717, 1.165) is 10.4 Å². The minimum Gasteiger partial charge on any atom is -0.462 e. The normalized spacial score (nSPS) is 12.3. The van der Waals surface area contributed by atoms with Crippen LogP contribution in [0.1, 0.15) is 41.6 Å². The van der Waals surface area contributed by atoms with Crippen LogP contribution in [0, 0.1) is 19.8 Å². The highest BCUT2D eigenvalue weighted by atomic mass is 32.1. The van der Waals surface area contributed by atoms with Crippen LogP contribution in [0.15, 0.2) is 0 Å². The lowest BCUT2D eigenvalue weighted by Gasteiger charge is -2.15. The molecule has 5 nitrogen and oxygen atoms in total. The highest BCUT2D eigenvalue weighted by molar-refractivity contribution is 7.16. The van der Waals surface area contributed by atoms with E-state index in [1.54, 1.807) is 6.92 Å². The Morgan fingerprint density at radius 3 is 2.45 bits per heavy atom.